The van der Waals surface area contributed by atoms with Gasteiger partial charge in [-0.05, 0) is 42.3 Å². The van der Waals surface area contributed by atoms with Crippen LogP contribution in [-0.4, -0.2) is 40.6 Å². The van der Waals surface area contributed by atoms with Crippen LogP contribution < -0.4 is 20.1 Å². The number of fused-ring (bicyclic) bond motifs is 1. The fourth-order valence-corrected chi connectivity index (χ4v) is 4.24. The Morgan fingerprint density at radius 1 is 1.05 bits per heavy atom. The van der Waals surface area contributed by atoms with Crippen molar-refractivity contribution in [1.29, 1.82) is 0 Å². The lowest BCUT2D eigenvalue weighted by Gasteiger charge is -2.12. The molecule has 3 heterocycles. The third-order valence-electron chi connectivity index (χ3n) is 5.59. The number of nitrogens with zero attached hydrogens (tertiary/aromatic N) is 4. The molecule has 0 saturated carbocycles. The summed E-state index contributed by atoms with van der Waals surface area (Å²) in [6.07, 6.45) is 3.93. The molecule has 40 heavy (non-hydrogen) atoms. The third-order valence-corrected chi connectivity index (χ3v) is 6.17. The highest BCUT2D eigenvalue weighted by molar-refractivity contribution is 7.92. The second kappa shape index (κ2) is 10.6. The van der Waals surface area contributed by atoms with Crippen molar-refractivity contribution in [2.75, 3.05) is 21.6 Å². The smallest absolute Gasteiger partial charge is 0.324 e. The highest BCUT2D eigenvalue weighted by atomic mass is 32.2. The first-order valence-electron chi connectivity index (χ1n) is 12.0. The van der Waals surface area contributed by atoms with Crippen LogP contribution in [0.15, 0.2) is 71.5 Å². The number of sulfonamides is 1. The Balaban J connectivity index is 1.31. The van der Waals surface area contributed by atoms with E-state index in [2.05, 4.69) is 30.6 Å². The number of rotatable bonds is 8. The van der Waals surface area contributed by atoms with Gasteiger partial charge >= 0.3 is 6.03 Å². The van der Waals surface area contributed by atoms with E-state index >= 15 is 0 Å². The van der Waals surface area contributed by atoms with E-state index in [9.17, 15) is 17.6 Å². The molecule has 206 valence electrons. The third kappa shape index (κ3) is 6.18. The van der Waals surface area contributed by atoms with Crippen molar-refractivity contribution in [1.82, 2.24) is 19.9 Å². The topological polar surface area (TPSA) is 153 Å². The minimum Gasteiger partial charge on any atom is -0.457 e. The molecule has 0 unspecified atom stereocenters. The SMILES string of the molecule is CC(C)c1cc(NC(=O)Nc2ccc(Oc3ccnc(NS(C)(=O)=O)c3)cc2F)n(-c2ccc3oncc3c2)n1. The van der Waals surface area contributed by atoms with Crippen molar-refractivity contribution in [3.05, 3.63) is 78.5 Å². The normalized spacial score (nSPS) is 11.5. The molecular formula is C26H24FN7O5S. The zero-order valence-electron chi connectivity index (χ0n) is 21.5. The van der Waals surface area contributed by atoms with Gasteiger partial charge in [-0.2, -0.15) is 5.10 Å². The lowest BCUT2D eigenvalue weighted by Crippen LogP contribution is -2.22. The number of hydrogen-bond donors (Lipinski definition) is 3. The summed E-state index contributed by atoms with van der Waals surface area (Å²) < 4.78 is 52.3. The van der Waals surface area contributed by atoms with Crippen molar-refractivity contribution < 1.29 is 26.9 Å². The molecule has 0 radical (unpaired) electrons. The Morgan fingerprint density at radius 2 is 1.85 bits per heavy atom. The molecule has 2 amide bonds. The zero-order valence-corrected chi connectivity index (χ0v) is 22.4. The van der Waals surface area contributed by atoms with Crippen LogP contribution in [-0.2, 0) is 10.0 Å². The second-order valence-corrected chi connectivity index (χ2v) is 10.9. The van der Waals surface area contributed by atoms with Gasteiger partial charge in [-0.1, -0.05) is 19.0 Å². The first-order valence-corrected chi connectivity index (χ1v) is 13.9. The molecule has 3 aromatic heterocycles. The maximum absolute atomic E-state index is 14.9. The van der Waals surface area contributed by atoms with Gasteiger partial charge in [-0.3, -0.25) is 10.0 Å². The zero-order chi connectivity index (χ0) is 28.4. The standard InChI is InChI=1S/C26H24FN7O5S/c1-15(2)22-13-25(34(32-22)17-4-7-23-16(10-17)14-29-39-23)31-26(35)30-21-6-5-18(11-20(21)27)38-19-8-9-28-24(12-19)33-40(3,36)37/h4-15H,1-3H3,(H,28,33)(H2,30,31,35). The minimum absolute atomic E-state index is 0.0525. The number of amides is 2. The van der Waals surface area contributed by atoms with Gasteiger partial charge < -0.3 is 14.6 Å². The number of hydrogen-bond acceptors (Lipinski definition) is 8. The van der Waals surface area contributed by atoms with Crippen molar-refractivity contribution >= 4 is 44.3 Å². The molecule has 0 atom stereocenters. The van der Waals surface area contributed by atoms with Crippen LogP contribution in [0.5, 0.6) is 11.5 Å². The maximum Gasteiger partial charge on any atom is 0.324 e. The first-order chi connectivity index (χ1) is 19.0. The summed E-state index contributed by atoms with van der Waals surface area (Å²) in [7, 11) is -3.53. The molecule has 0 fully saturated rings. The molecule has 12 nitrogen and oxygen atoms in total. The van der Waals surface area contributed by atoms with Gasteiger partial charge in [-0.15, -0.1) is 0 Å². The molecule has 0 aliphatic heterocycles. The van der Waals surface area contributed by atoms with Crippen LogP contribution >= 0.6 is 0 Å². The summed E-state index contributed by atoms with van der Waals surface area (Å²) in [5.74, 6) is 0.143. The largest absolute Gasteiger partial charge is 0.457 e. The number of nitrogens with one attached hydrogen (secondary N) is 3. The summed E-state index contributed by atoms with van der Waals surface area (Å²) in [4.78, 5) is 16.7. The number of aromatic nitrogens is 4. The van der Waals surface area contributed by atoms with Gasteiger partial charge in [0.15, 0.2) is 5.58 Å². The van der Waals surface area contributed by atoms with Crippen LogP contribution in [0, 0.1) is 5.82 Å². The average molecular weight is 566 g/mol. The van der Waals surface area contributed by atoms with Gasteiger partial charge in [0.1, 0.15) is 29.0 Å². The fourth-order valence-electron chi connectivity index (χ4n) is 3.75. The molecule has 14 heteroatoms. The van der Waals surface area contributed by atoms with Gasteiger partial charge in [0, 0.05) is 29.8 Å². The second-order valence-electron chi connectivity index (χ2n) is 9.14. The summed E-state index contributed by atoms with van der Waals surface area (Å²) in [6.45, 7) is 3.96. The van der Waals surface area contributed by atoms with E-state index in [1.54, 1.807) is 29.1 Å². The molecule has 2 aromatic carbocycles. The van der Waals surface area contributed by atoms with Gasteiger partial charge in [0.05, 0.1) is 29.5 Å². The lowest BCUT2D eigenvalue weighted by atomic mass is 10.1. The number of carbonyl (C=O) groups excluding carboxylic acids is 1. The van der Waals surface area contributed by atoms with Gasteiger partial charge in [0.2, 0.25) is 10.0 Å². The van der Waals surface area contributed by atoms with E-state index in [1.807, 2.05) is 19.9 Å². The Labute approximate surface area is 228 Å². The average Bonchev–Trinajstić information content (AvgIpc) is 3.51. The maximum atomic E-state index is 14.9. The number of ether oxygens (including phenoxy) is 1. The Kier molecular flexibility index (Phi) is 7.09. The highest BCUT2D eigenvalue weighted by Crippen LogP contribution is 2.28. The van der Waals surface area contributed by atoms with E-state index < -0.39 is 21.9 Å². The van der Waals surface area contributed by atoms with Crippen molar-refractivity contribution in [2.24, 2.45) is 0 Å². The molecule has 0 saturated heterocycles. The Bertz CT molecular complexity index is 1820. The summed E-state index contributed by atoms with van der Waals surface area (Å²) in [5.41, 5.74) is 1.96. The molecule has 5 aromatic rings. The highest BCUT2D eigenvalue weighted by Gasteiger charge is 2.17. The van der Waals surface area contributed by atoms with Gasteiger partial charge in [-0.25, -0.2) is 27.3 Å². The number of urea groups is 1. The summed E-state index contributed by atoms with van der Waals surface area (Å²) in [5, 5.41) is 14.4. The predicted molar refractivity (Wildman–Crippen MR) is 147 cm³/mol. The quantitative estimate of drug-likeness (QED) is 0.224. The van der Waals surface area contributed by atoms with E-state index in [1.165, 1.54) is 30.5 Å². The number of benzene rings is 2. The molecule has 0 spiro atoms. The number of halogens is 1. The van der Waals surface area contributed by atoms with Crippen molar-refractivity contribution in [2.45, 2.75) is 19.8 Å². The number of pyridine rings is 1. The Hall–Kier alpha value is -4.98. The molecule has 0 aliphatic rings. The predicted octanol–water partition coefficient (Wildman–Crippen LogP) is 5.48. The monoisotopic (exact) mass is 565 g/mol. The van der Waals surface area contributed by atoms with Gasteiger partial charge in [0.25, 0.3) is 0 Å². The van der Waals surface area contributed by atoms with Crippen LogP contribution in [0.25, 0.3) is 16.7 Å². The van der Waals surface area contributed by atoms with Crippen LogP contribution in [0.1, 0.15) is 25.5 Å². The van der Waals surface area contributed by atoms with E-state index in [0.29, 0.717) is 17.1 Å². The fraction of sp³-hybridized carbons (Fsp3) is 0.154. The number of carbonyl (C=O) groups is 1. The minimum atomic E-state index is -3.53. The molecule has 5 rings (SSSR count). The first kappa shape index (κ1) is 26.6. The van der Waals surface area contributed by atoms with Crippen LogP contribution in [0.4, 0.5) is 26.5 Å². The number of anilines is 3. The van der Waals surface area contributed by atoms with E-state index in [4.69, 9.17) is 9.26 Å². The molecule has 0 aliphatic carbocycles. The molecule has 0 bridgehead atoms. The van der Waals surface area contributed by atoms with Crippen LogP contribution in [0.2, 0.25) is 0 Å². The van der Waals surface area contributed by atoms with Crippen molar-refractivity contribution in [3.63, 3.8) is 0 Å². The summed E-state index contributed by atoms with van der Waals surface area (Å²) >= 11 is 0. The lowest BCUT2D eigenvalue weighted by molar-refractivity contribution is 0.262. The summed E-state index contributed by atoms with van der Waals surface area (Å²) in [6, 6.07) is 13.2. The van der Waals surface area contributed by atoms with Crippen molar-refractivity contribution in [3.8, 4) is 17.2 Å². The van der Waals surface area contributed by atoms with E-state index in [-0.39, 0.29) is 28.9 Å². The van der Waals surface area contributed by atoms with Crippen LogP contribution in [0.3, 0.4) is 0 Å². The molecule has 3 N–H and O–H groups in total. The molecular weight excluding hydrogens is 541 g/mol. The van der Waals surface area contributed by atoms with E-state index in [0.717, 1.165) is 23.4 Å². The Morgan fingerprint density at radius 3 is 2.60 bits per heavy atom.